The van der Waals surface area contributed by atoms with Gasteiger partial charge in [0.2, 0.25) is 0 Å². The molecule has 0 radical (unpaired) electrons. The maximum atomic E-state index is 10.7. The molecule has 0 aromatic heterocycles. The third-order valence-corrected chi connectivity index (χ3v) is 2.04. The molecule has 0 aliphatic rings. The highest BCUT2D eigenvalue weighted by atomic mass is 16.7. The molecular formula is C11H20O4. The van der Waals surface area contributed by atoms with Crippen LogP contribution in [0.15, 0.2) is 12.2 Å². The summed E-state index contributed by atoms with van der Waals surface area (Å²) < 4.78 is 14.6. The Morgan fingerprint density at radius 1 is 1.20 bits per heavy atom. The lowest BCUT2D eigenvalue weighted by molar-refractivity contribution is -0.134. The molecule has 0 aromatic carbocycles. The molecule has 0 saturated heterocycles. The fourth-order valence-corrected chi connectivity index (χ4v) is 1.15. The average molecular weight is 216 g/mol. The molecular weight excluding hydrogens is 196 g/mol. The Hall–Kier alpha value is -0.870. The van der Waals surface area contributed by atoms with Crippen molar-refractivity contribution in [1.29, 1.82) is 0 Å². The Kier molecular flexibility index (Phi) is 9.11. The summed E-state index contributed by atoms with van der Waals surface area (Å²) in [6, 6.07) is 0. The average Bonchev–Trinajstić information content (AvgIpc) is 2.28. The predicted octanol–water partition coefficient (Wildman–Crippen LogP) is 1.89. The normalized spacial score (nSPS) is 11.2. The van der Waals surface area contributed by atoms with Gasteiger partial charge in [0.25, 0.3) is 0 Å². The summed E-state index contributed by atoms with van der Waals surface area (Å²) in [6.45, 7) is 0. The zero-order valence-corrected chi connectivity index (χ0v) is 9.69. The topological polar surface area (TPSA) is 44.8 Å². The van der Waals surface area contributed by atoms with Gasteiger partial charge in [-0.15, -0.1) is 0 Å². The van der Waals surface area contributed by atoms with Crippen LogP contribution in [-0.2, 0) is 19.0 Å². The van der Waals surface area contributed by atoms with E-state index in [-0.39, 0.29) is 12.3 Å². The van der Waals surface area contributed by atoms with Crippen molar-refractivity contribution < 1.29 is 19.0 Å². The summed E-state index contributed by atoms with van der Waals surface area (Å²) in [6.07, 6.45) is 6.92. The van der Waals surface area contributed by atoms with E-state index in [2.05, 4.69) is 4.74 Å². The largest absolute Gasteiger partial charge is 0.466 e. The number of carbonyl (C=O) groups is 1. The molecule has 0 unspecified atom stereocenters. The van der Waals surface area contributed by atoms with Crippen LogP contribution in [0.25, 0.3) is 0 Å². The first-order chi connectivity index (χ1) is 7.24. The highest BCUT2D eigenvalue weighted by molar-refractivity contribution is 5.81. The number of esters is 1. The van der Waals surface area contributed by atoms with E-state index in [1.54, 1.807) is 14.2 Å². The SMILES string of the molecule is COC(=O)C=CCCCCC(OC)OC. The Morgan fingerprint density at radius 2 is 1.87 bits per heavy atom. The number of rotatable bonds is 8. The molecule has 0 spiro atoms. The van der Waals surface area contributed by atoms with Gasteiger partial charge >= 0.3 is 5.97 Å². The van der Waals surface area contributed by atoms with Gasteiger partial charge in [-0.05, 0) is 25.7 Å². The van der Waals surface area contributed by atoms with Crippen LogP contribution in [0.2, 0.25) is 0 Å². The molecule has 0 atom stereocenters. The maximum absolute atomic E-state index is 10.7. The molecule has 0 bridgehead atoms. The van der Waals surface area contributed by atoms with Crippen LogP contribution in [0.4, 0.5) is 0 Å². The molecule has 15 heavy (non-hydrogen) atoms. The molecule has 88 valence electrons. The number of hydrogen-bond donors (Lipinski definition) is 0. The Morgan fingerprint density at radius 3 is 2.40 bits per heavy atom. The molecule has 0 aliphatic carbocycles. The Labute approximate surface area is 91.2 Å². The fourth-order valence-electron chi connectivity index (χ4n) is 1.15. The van der Waals surface area contributed by atoms with Gasteiger partial charge in [-0.3, -0.25) is 0 Å². The molecule has 0 aliphatic heterocycles. The van der Waals surface area contributed by atoms with Crippen LogP contribution in [0.5, 0.6) is 0 Å². The number of unbranched alkanes of at least 4 members (excludes halogenated alkanes) is 2. The van der Waals surface area contributed by atoms with Gasteiger partial charge in [0.1, 0.15) is 0 Å². The second-order valence-electron chi connectivity index (χ2n) is 3.11. The first-order valence-electron chi connectivity index (χ1n) is 5.04. The Bertz CT molecular complexity index is 185. The van der Waals surface area contributed by atoms with E-state index < -0.39 is 0 Å². The van der Waals surface area contributed by atoms with Gasteiger partial charge in [-0.1, -0.05) is 6.08 Å². The van der Waals surface area contributed by atoms with Crippen molar-refractivity contribution in [1.82, 2.24) is 0 Å². The molecule has 0 amide bonds. The van der Waals surface area contributed by atoms with E-state index >= 15 is 0 Å². The van der Waals surface area contributed by atoms with E-state index in [1.807, 2.05) is 6.08 Å². The number of ether oxygens (including phenoxy) is 3. The summed E-state index contributed by atoms with van der Waals surface area (Å²) in [7, 11) is 4.63. The number of methoxy groups -OCH3 is 3. The second-order valence-corrected chi connectivity index (χ2v) is 3.11. The number of carbonyl (C=O) groups excluding carboxylic acids is 1. The van der Waals surface area contributed by atoms with Crippen molar-refractivity contribution in [2.24, 2.45) is 0 Å². The highest BCUT2D eigenvalue weighted by Crippen LogP contribution is 2.07. The summed E-state index contributed by atoms with van der Waals surface area (Å²) in [5, 5.41) is 0. The Balaban J connectivity index is 3.38. The monoisotopic (exact) mass is 216 g/mol. The zero-order chi connectivity index (χ0) is 11.5. The minimum Gasteiger partial charge on any atom is -0.466 e. The van der Waals surface area contributed by atoms with Crippen molar-refractivity contribution in [3.05, 3.63) is 12.2 Å². The van der Waals surface area contributed by atoms with Gasteiger partial charge in [-0.25, -0.2) is 4.79 Å². The lowest BCUT2D eigenvalue weighted by Crippen LogP contribution is -2.12. The molecule has 4 heteroatoms. The van der Waals surface area contributed by atoms with Gasteiger partial charge in [-0.2, -0.15) is 0 Å². The highest BCUT2D eigenvalue weighted by Gasteiger charge is 2.02. The van der Waals surface area contributed by atoms with Crippen molar-refractivity contribution in [2.45, 2.75) is 32.0 Å². The van der Waals surface area contributed by atoms with E-state index in [0.717, 1.165) is 25.7 Å². The lowest BCUT2D eigenvalue weighted by atomic mass is 10.2. The first-order valence-corrected chi connectivity index (χ1v) is 5.04. The fraction of sp³-hybridized carbons (Fsp3) is 0.727. The van der Waals surface area contributed by atoms with E-state index in [9.17, 15) is 4.79 Å². The van der Waals surface area contributed by atoms with Crippen molar-refractivity contribution in [3.8, 4) is 0 Å². The van der Waals surface area contributed by atoms with E-state index in [0.29, 0.717) is 0 Å². The smallest absolute Gasteiger partial charge is 0.330 e. The van der Waals surface area contributed by atoms with Gasteiger partial charge in [0.15, 0.2) is 6.29 Å². The van der Waals surface area contributed by atoms with Crippen LogP contribution in [-0.4, -0.2) is 33.6 Å². The predicted molar refractivity (Wildman–Crippen MR) is 57.4 cm³/mol. The molecule has 0 rings (SSSR count). The minimum atomic E-state index is -0.304. The molecule has 0 aromatic rings. The minimum absolute atomic E-state index is 0.116. The number of allylic oxidation sites excluding steroid dienone is 1. The quantitative estimate of drug-likeness (QED) is 0.269. The van der Waals surface area contributed by atoms with Gasteiger partial charge < -0.3 is 14.2 Å². The molecule has 0 fully saturated rings. The van der Waals surface area contributed by atoms with Crippen LogP contribution < -0.4 is 0 Å². The summed E-state index contributed by atoms with van der Waals surface area (Å²) in [4.78, 5) is 10.7. The summed E-state index contributed by atoms with van der Waals surface area (Å²) in [5.41, 5.74) is 0. The summed E-state index contributed by atoms with van der Waals surface area (Å²) in [5.74, 6) is -0.304. The molecule has 0 heterocycles. The van der Waals surface area contributed by atoms with Crippen LogP contribution >= 0.6 is 0 Å². The third-order valence-electron chi connectivity index (χ3n) is 2.04. The van der Waals surface area contributed by atoms with Crippen LogP contribution in [0.1, 0.15) is 25.7 Å². The number of hydrogen-bond acceptors (Lipinski definition) is 4. The van der Waals surface area contributed by atoms with E-state index in [1.165, 1.54) is 13.2 Å². The standard InChI is InChI=1S/C11H20O4/c1-13-10(12)8-6-4-5-7-9-11(14-2)15-3/h6,8,11H,4-5,7,9H2,1-3H3. The van der Waals surface area contributed by atoms with Gasteiger partial charge in [0.05, 0.1) is 7.11 Å². The third kappa shape index (κ3) is 8.15. The van der Waals surface area contributed by atoms with Crippen molar-refractivity contribution in [2.75, 3.05) is 21.3 Å². The second kappa shape index (κ2) is 9.68. The molecule has 0 saturated carbocycles. The van der Waals surface area contributed by atoms with Gasteiger partial charge in [0, 0.05) is 20.3 Å². The molecule has 4 nitrogen and oxygen atoms in total. The van der Waals surface area contributed by atoms with Crippen LogP contribution in [0, 0.1) is 0 Å². The first kappa shape index (κ1) is 14.1. The summed E-state index contributed by atoms with van der Waals surface area (Å²) >= 11 is 0. The van der Waals surface area contributed by atoms with Crippen molar-refractivity contribution in [3.63, 3.8) is 0 Å². The lowest BCUT2D eigenvalue weighted by Gasteiger charge is -2.11. The maximum Gasteiger partial charge on any atom is 0.330 e. The molecule has 0 N–H and O–H groups in total. The van der Waals surface area contributed by atoms with Crippen LogP contribution in [0.3, 0.4) is 0 Å². The van der Waals surface area contributed by atoms with E-state index in [4.69, 9.17) is 9.47 Å². The zero-order valence-electron chi connectivity index (χ0n) is 9.69. The van der Waals surface area contributed by atoms with Crippen molar-refractivity contribution >= 4 is 5.97 Å².